The third kappa shape index (κ3) is 4.09. The molecule has 1 aromatic carbocycles. The molecule has 0 amide bonds. The molecule has 1 aliphatic carbocycles. The second kappa shape index (κ2) is 7.71. The average Bonchev–Trinajstić information content (AvgIpc) is 2.59. The Hall–Kier alpha value is -2.00. The van der Waals surface area contributed by atoms with E-state index in [-0.39, 0.29) is 5.92 Å². The lowest BCUT2D eigenvalue weighted by Crippen LogP contribution is -2.47. The van der Waals surface area contributed by atoms with Gasteiger partial charge in [0.2, 0.25) is 10.0 Å². The second-order valence-corrected chi connectivity index (χ2v) is 7.43. The van der Waals surface area contributed by atoms with Crippen molar-refractivity contribution < 1.29 is 22.9 Å². The number of para-hydroxylation sites is 1. The number of rotatable bonds is 6. The van der Waals surface area contributed by atoms with Gasteiger partial charge in [0, 0.05) is 6.07 Å². The average molecular weight is 356 g/mol. The number of nitrogens with zero attached hydrogens (tertiary/aromatic N) is 1. The maximum Gasteiger partial charge on any atom is 0.324 e. The molecule has 24 heavy (non-hydrogen) atoms. The number of ether oxygens (including phenoxy) is 1. The van der Waals surface area contributed by atoms with Crippen molar-refractivity contribution in [3.05, 3.63) is 34.4 Å². The maximum atomic E-state index is 12.6. The van der Waals surface area contributed by atoms with E-state index in [1.807, 2.05) is 0 Å². The molecule has 0 spiro atoms. The lowest BCUT2D eigenvalue weighted by atomic mass is 9.84. The zero-order chi connectivity index (χ0) is 17.7. The molecule has 0 radical (unpaired) electrons. The summed E-state index contributed by atoms with van der Waals surface area (Å²) in [5.41, 5.74) is -0.530. The minimum absolute atomic E-state index is 0.177. The Morgan fingerprint density at radius 3 is 2.50 bits per heavy atom. The van der Waals surface area contributed by atoms with Crippen molar-refractivity contribution in [1.29, 1.82) is 0 Å². The molecule has 1 fully saturated rings. The van der Waals surface area contributed by atoms with Crippen molar-refractivity contribution in [1.82, 2.24) is 4.72 Å². The van der Waals surface area contributed by atoms with Crippen LogP contribution in [0.25, 0.3) is 0 Å². The number of nitrogens with one attached hydrogen (secondary N) is 1. The Kier molecular flexibility index (Phi) is 5.89. The zero-order valence-corrected chi connectivity index (χ0v) is 14.1. The first-order chi connectivity index (χ1) is 11.4. The van der Waals surface area contributed by atoms with E-state index in [0.29, 0.717) is 12.8 Å². The maximum absolute atomic E-state index is 12.6. The van der Waals surface area contributed by atoms with Gasteiger partial charge in [-0.1, -0.05) is 31.4 Å². The van der Waals surface area contributed by atoms with Gasteiger partial charge >= 0.3 is 5.97 Å². The molecule has 1 N–H and O–H groups in total. The molecule has 1 saturated carbocycles. The number of nitro groups is 1. The normalized spacial score (nSPS) is 17.2. The molecule has 1 atom stereocenters. The van der Waals surface area contributed by atoms with Crippen LogP contribution in [0.2, 0.25) is 0 Å². The van der Waals surface area contributed by atoms with E-state index >= 15 is 0 Å². The molecule has 1 aromatic rings. The SMILES string of the molecule is COC(=O)[C@@H](NS(=O)(=O)c1ccccc1[N+](=O)[O-])C1CCCCC1. The Morgan fingerprint density at radius 1 is 1.29 bits per heavy atom. The van der Waals surface area contributed by atoms with Crippen molar-refractivity contribution >= 4 is 21.7 Å². The van der Waals surface area contributed by atoms with Crippen LogP contribution >= 0.6 is 0 Å². The first kappa shape index (κ1) is 18.3. The van der Waals surface area contributed by atoms with Crippen molar-refractivity contribution in [2.75, 3.05) is 7.11 Å². The van der Waals surface area contributed by atoms with E-state index in [9.17, 15) is 23.3 Å². The summed E-state index contributed by atoms with van der Waals surface area (Å²) in [5.74, 6) is -0.854. The highest BCUT2D eigenvalue weighted by Crippen LogP contribution is 2.29. The number of benzene rings is 1. The smallest absolute Gasteiger partial charge is 0.324 e. The van der Waals surface area contributed by atoms with Crippen molar-refractivity contribution in [2.24, 2.45) is 5.92 Å². The van der Waals surface area contributed by atoms with Gasteiger partial charge in [0.1, 0.15) is 6.04 Å². The fourth-order valence-corrected chi connectivity index (χ4v) is 4.42. The van der Waals surface area contributed by atoms with E-state index in [4.69, 9.17) is 4.74 Å². The van der Waals surface area contributed by atoms with Crippen LogP contribution in [0.4, 0.5) is 5.69 Å². The Balaban J connectivity index is 2.33. The third-order valence-corrected chi connectivity index (χ3v) is 5.70. The summed E-state index contributed by atoms with van der Waals surface area (Å²) in [6.07, 6.45) is 4.27. The van der Waals surface area contributed by atoms with Gasteiger partial charge in [0.25, 0.3) is 5.69 Å². The monoisotopic (exact) mass is 356 g/mol. The minimum Gasteiger partial charge on any atom is -0.468 e. The summed E-state index contributed by atoms with van der Waals surface area (Å²) in [7, 11) is -3.04. The largest absolute Gasteiger partial charge is 0.468 e. The first-order valence-corrected chi connectivity index (χ1v) is 9.18. The summed E-state index contributed by atoms with van der Waals surface area (Å²) >= 11 is 0. The highest BCUT2D eigenvalue weighted by molar-refractivity contribution is 7.89. The third-order valence-electron chi connectivity index (χ3n) is 4.21. The molecule has 0 unspecified atom stereocenters. The molecule has 9 heteroatoms. The molecule has 0 bridgehead atoms. The van der Waals surface area contributed by atoms with Gasteiger partial charge in [-0.05, 0) is 24.8 Å². The molecule has 0 heterocycles. The topological polar surface area (TPSA) is 116 Å². The van der Waals surface area contributed by atoms with Crippen molar-refractivity contribution in [3.8, 4) is 0 Å². The lowest BCUT2D eigenvalue weighted by molar-refractivity contribution is -0.387. The zero-order valence-electron chi connectivity index (χ0n) is 13.3. The summed E-state index contributed by atoms with van der Waals surface area (Å²) in [4.78, 5) is 21.9. The molecule has 2 rings (SSSR count). The molecule has 0 aromatic heterocycles. The number of hydrogen-bond acceptors (Lipinski definition) is 6. The Morgan fingerprint density at radius 2 is 1.92 bits per heavy atom. The van der Waals surface area contributed by atoms with Crippen molar-refractivity contribution in [2.45, 2.75) is 43.0 Å². The molecular weight excluding hydrogens is 336 g/mol. The van der Waals surface area contributed by atoms with E-state index in [1.165, 1.54) is 19.2 Å². The Bertz CT molecular complexity index is 712. The summed E-state index contributed by atoms with van der Waals surface area (Å²) in [6.45, 7) is 0. The van der Waals surface area contributed by atoms with Gasteiger partial charge < -0.3 is 4.74 Å². The molecule has 1 aliphatic rings. The van der Waals surface area contributed by atoms with Crippen LogP contribution in [0, 0.1) is 16.0 Å². The minimum atomic E-state index is -4.23. The van der Waals surface area contributed by atoms with E-state index in [0.717, 1.165) is 31.4 Å². The molecule has 0 saturated heterocycles. The van der Waals surface area contributed by atoms with Gasteiger partial charge in [-0.3, -0.25) is 14.9 Å². The highest BCUT2D eigenvalue weighted by Gasteiger charge is 2.36. The molecule has 0 aliphatic heterocycles. The fraction of sp³-hybridized carbons (Fsp3) is 0.533. The van der Waals surface area contributed by atoms with E-state index in [2.05, 4.69) is 4.72 Å². The number of sulfonamides is 1. The number of esters is 1. The van der Waals surface area contributed by atoms with Gasteiger partial charge in [0.05, 0.1) is 12.0 Å². The van der Waals surface area contributed by atoms with E-state index < -0.39 is 37.5 Å². The van der Waals surface area contributed by atoms with Gasteiger partial charge in [-0.15, -0.1) is 0 Å². The number of nitro benzene ring substituents is 1. The summed E-state index contributed by atoms with van der Waals surface area (Å²) in [6, 6.07) is 4.00. The standard InChI is InChI=1S/C15H20N2O6S/c1-23-15(18)14(11-7-3-2-4-8-11)16-24(21,22)13-10-6-5-9-12(13)17(19)20/h5-6,9-11,14,16H,2-4,7-8H2,1H3/t14-/m0/s1. The van der Waals surface area contributed by atoms with Gasteiger partial charge in [0.15, 0.2) is 4.90 Å². The number of carbonyl (C=O) groups excluding carboxylic acids is 1. The van der Waals surface area contributed by atoms with Crippen LogP contribution in [0.3, 0.4) is 0 Å². The molecular formula is C15H20N2O6S. The van der Waals surface area contributed by atoms with E-state index in [1.54, 1.807) is 0 Å². The predicted molar refractivity (Wildman–Crippen MR) is 85.8 cm³/mol. The first-order valence-electron chi connectivity index (χ1n) is 7.70. The van der Waals surface area contributed by atoms with Crippen LogP contribution in [0.15, 0.2) is 29.2 Å². The number of methoxy groups -OCH3 is 1. The van der Waals surface area contributed by atoms with Crippen LogP contribution < -0.4 is 4.72 Å². The van der Waals surface area contributed by atoms with Gasteiger partial charge in [-0.25, -0.2) is 8.42 Å². The predicted octanol–water partition coefficient (Wildman–Crippen LogP) is 1.99. The fourth-order valence-electron chi connectivity index (χ4n) is 3.00. The molecule has 8 nitrogen and oxygen atoms in total. The quantitative estimate of drug-likeness (QED) is 0.473. The van der Waals surface area contributed by atoms with Crippen LogP contribution in [-0.4, -0.2) is 32.5 Å². The highest BCUT2D eigenvalue weighted by atomic mass is 32.2. The second-order valence-electron chi connectivity index (χ2n) is 5.75. The summed E-state index contributed by atoms with van der Waals surface area (Å²) < 4.78 is 32.3. The summed E-state index contributed by atoms with van der Waals surface area (Å²) in [5, 5.41) is 11.1. The van der Waals surface area contributed by atoms with Crippen LogP contribution in [0.5, 0.6) is 0 Å². The number of carbonyl (C=O) groups is 1. The Labute approximate surface area is 140 Å². The van der Waals surface area contributed by atoms with Crippen LogP contribution in [-0.2, 0) is 19.6 Å². The van der Waals surface area contributed by atoms with Crippen molar-refractivity contribution in [3.63, 3.8) is 0 Å². The van der Waals surface area contributed by atoms with Gasteiger partial charge in [-0.2, -0.15) is 4.72 Å². The number of hydrogen-bond donors (Lipinski definition) is 1. The molecule has 132 valence electrons. The lowest BCUT2D eigenvalue weighted by Gasteiger charge is -2.28. The van der Waals surface area contributed by atoms with Crippen LogP contribution in [0.1, 0.15) is 32.1 Å².